The maximum absolute atomic E-state index is 13.5. The number of fused-ring (bicyclic) bond motifs is 2. The van der Waals surface area contributed by atoms with Crippen molar-refractivity contribution in [3.05, 3.63) is 120 Å². The van der Waals surface area contributed by atoms with Crippen LogP contribution in [0.25, 0.3) is 21.7 Å². The third-order valence-electron chi connectivity index (χ3n) is 6.71. The SMILES string of the molecule is CC[C@@H](C)c1nc2ccc(Br)cc2c(=O)n1N=Cc1cc(Cl)cc([N+](=O)[O-])c1OCc1cccc2ccccc12. The van der Waals surface area contributed by atoms with Gasteiger partial charge in [-0.2, -0.15) is 9.78 Å². The highest BCUT2D eigenvalue weighted by Crippen LogP contribution is 2.35. The Bertz CT molecular complexity index is 1850. The molecule has 0 aliphatic carbocycles. The Morgan fingerprint density at radius 3 is 2.67 bits per heavy atom. The zero-order chi connectivity index (χ0) is 28.4. The second-order valence-electron chi connectivity index (χ2n) is 9.33. The first-order valence-corrected chi connectivity index (χ1v) is 13.8. The number of hydrogen-bond donors (Lipinski definition) is 0. The Morgan fingerprint density at radius 1 is 1.12 bits per heavy atom. The Balaban J connectivity index is 1.62. The predicted octanol–water partition coefficient (Wildman–Crippen LogP) is 7.85. The summed E-state index contributed by atoms with van der Waals surface area (Å²) in [7, 11) is 0. The summed E-state index contributed by atoms with van der Waals surface area (Å²) in [6.07, 6.45) is 2.09. The number of nitro groups is 1. The molecule has 5 rings (SSSR count). The van der Waals surface area contributed by atoms with Crippen LogP contribution >= 0.6 is 27.5 Å². The molecule has 10 heteroatoms. The number of nitrogens with zero attached hydrogens (tertiary/aromatic N) is 4. The molecule has 0 spiro atoms. The van der Waals surface area contributed by atoms with Crippen LogP contribution in [0, 0.1) is 10.1 Å². The van der Waals surface area contributed by atoms with Crippen LogP contribution in [0.15, 0.2) is 87.2 Å². The van der Waals surface area contributed by atoms with Crippen LogP contribution < -0.4 is 10.3 Å². The fraction of sp³-hybridized carbons (Fsp3) is 0.167. The summed E-state index contributed by atoms with van der Waals surface area (Å²) in [6.45, 7) is 4.03. The van der Waals surface area contributed by atoms with Crippen molar-refractivity contribution in [2.45, 2.75) is 32.8 Å². The van der Waals surface area contributed by atoms with Gasteiger partial charge in [0.1, 0.15) is 12.4 Å². The average Bonchev–Trinajstić information content (AvgIpc) is 2.95. The second kappa shape index (κ2) is 11.6. The van der Waals surface area contributed by atoms with Crippen molar-refractivity contribution in [2.24, 2.45) is 5.10 Å². The van der Waals surface area contributed by atoms with Gasteiger partial charge in [0.2, 0.25) is 5.75 Å². The molecule has 1 aromatic heterocycles. The molecule has 1 heterocycles. The zero-order valence-electron chi connectivity index (χ0n) is 21.7. The highest BCUT2D eigenvalue weighted by atomic mass is 79.9. The number of halogens is 2. The molecular weight excluding hydrogens is 596 g/mol. The van der Waals surface area contributed by atoms with Crippen LogP contribution in [0.5, 0.6) is 5.75 Å². The van der Waals surface area contributed by atoms with E-state index in [2.05, 4.69) is 21.0 Å². The van der Waals surface area contributed by atoms with Gasteiger partial charge in [0.15, 0.2) is 0 Å². The molecule has 202 valence electrons. The maximum Gasteiger partial charge on any atom is 0.313 e. The van der Waals surface area contributed by atoms with Gasteiger partial charge in [-0.1, -0.05) is 83.8 Å². The minimum atomic E-state index is -0.548. The lowest BCUT2D eigenvalue weighted by atomic mass is 10.1. The number of aromatic nitrogens is 2. The summed E-state index contributed by atoms with van der Waals surface area (Å²) in [5.41, 5.74) is 1.03. The first-order chi connectivity index (χ1) is 19.3. The summed E-state index contributed by atoms with van der Waals surface area (Å²) in [5, 5.41) is 19.0. The number of hydrogen-bond acceptors (Lipinski definition) is 6. The lowest BCUT2D eigenvalue weighted by Gasteiger charge is -2.14. The summed E-state index contributed by atoms with van der Waals surface area (Å²) < 4.78 is 8.06. The van der Waals surface area contributed by atoms with E-state index in [-0.39, 0.29) is 40.1 Å². The first-order valence-electron chi connectivity index (χ1n) is 12.6. The van der Waals surface area contributed by atoms with Gasteiger partial charge in [-0.05, 0) is 47.0 Å². The average molecular weight is 620 g/mol. The Kier molecular flexibility index (Phi) is 7.95. The lowest BCUT2D eigenvalue weighted by Crippen LogP contribution is -2.23. The highest BCUT2D eigenvalue weighted by molar-refractivity contribution is 9.10. The molecule has 5 aromatic rings. The van der Waals surface area contributed by atoms with Crippen molar-refractivity contribution < 1.29 is 9.66 Å². The molecule has 40 heavy (non-hydrogen) atoms. The monoisotopic (exact) mass is 618 g/mol. The molecule has 8 nitrogen and oxygen atoms in total. The Morgan fingerprint density at radius 2 is 1.90 bits per heavy atom. The van der Waals surface area contributed by atoms with E-state index in [1.165, 1.54) is 23.0 Å². The molecule has 0 aliphatic heterocycles. The molecule has 0 radical (unpaired) electrons. The van der Waals surface area contributed by atoms with E-state index in [9.17, 15) is 14.9 Å². The van der Waals surface area contributed by atoms with E-state index < -0.39 is 4.92 Å². The molecule has 0 amide bonds. The third-order valence-corrected chi connectivity index (χ3v) is 7.42. The fourth-order valence-electron chi connectivity index (χ4n) is 4.46. The van der Waals surface area contributed by atoms with Crippen LogP contribution in [0.2, 0.25) is 5.02 Å². The van der Waals surface area contributed by atoms with Gasteiger partial charge in [0.05, 0.1) is 22.0 Å². The number of rotatable bonds is 8. The molecule has 1 atom stereocenters. The van der Waals surface area contributed by atoms with Crippen LogP contribution in [-0.2, 0) is 6.61 Å². The molecule has 0 unspecified atom stereocenters. The molecule has 4 aromatic carbocycles. The van der Waals surface area contributed by atoms with Crippen molar-refractivity contribution in [1.29, 1.82) is 0 Å². The number of ether oxygens (including phenoxy) is 1. The van der Waals surface area contributed by atoms with Gasteiger partial charge in [0.25, 0.3) is 5.56 Å². The minimum absolute atomic E-state index is 0.000663. The van der Waals surface area contributed by atoms with Gasteiger partial charge in [-0.15, -0.1) is 0 Å². The summed E-state index contributed by atoms with van der Waals surface area (Å²) in [4.78, 5) is 29.7. The topological polar surface area (TPSA) is 99.6 Å². The third kappa shape index (κ3) is 5.48. The Labute approximate surface area is 243 Å². The first kappa shape index (κ1) is 27.5. The molecule has 0 saturated heterocycles. The quantitative estimate of drug-likeness (QED) is 0.100. The zero-order valence-corrected chi connectivity index (χ0v) is 24.0. The van der Waals surface area contributed by atoms with Gasteiger partial charge in [-0.25, -0.2) is 4.98 Å². The predicted molar refractivity (Wildman–Crippen MR) is 162 cm³/mol. The van der Waals surface area contributed by atoms with E-state index in [0.717, 1.165) is 27.2 Å². The van der Waals surface area contributed by atoms with Gasteiger partial charge in [0, 0.05) is 27.0 Å². The number of benzene rings is 4. The van der Waals surface area contributed by atoms with E-state index in [1.54, 1.807) is 12.1 Å². The van der Waals surface area contributed by atoms with E-state index in [1.807, 2.05) is 62.4 Å². The summed E-state index contributed by atoms with van der Waals surface area (Å²) >= 11 is 9.68. The van der Waals surface area contributed by atoms with E-state index in [0.29, 0.717) is 16.7 Å². The molecule has 0 N–H and O–H groups in total. The molecule has 0 aliphatic rings. The van der Waals surface area contributed by atoms with E-state index in [4.69, 9.17) is 21.3 Å². The molecule has 0 bridgehead atoms. The van der Waals surface area contributed by atoms with Gasteiger partial charge in [-0.3, -0.25) is 14.9 Å². The van der Waals surface area contributed by atoms with Gasteiger partial charge >= 0.3 is 5.69 Å². The van der Waals surface area contributed by atoms with Crippen LogP contribution in [0.3, 0.4) is 0 Å². The largest absolute Gasteiger partial charge is 0.481 e. The Hall–Kier alpha value is -4.08. The summed E-state index contributed by atoms with van der Waals surface area (Å²) in [5.74, 6) is 0.405. The van der Waals surface area contributed by atoms with Crippen molar-refractivity contribution >= 4 is 61.1 Å². The smallest absolute Gasteiger partial charge is 0.313 e. The van der Waals surface area contributed by atoms with Crippen LogP contribution in [-0.4, -0.2) is 20.8 Å². The van der Waals surface area contributed by atoms with E-state index >= 15 is 0 Å². The minimum Gasteiger partial charge on any atom is -0.481 e. The standard InChI is InChI=1S/C30H24BrClN4O4/c1-3-18(2)29-34-26-12-11-22(31)14-25(26)30(37)35(29)33-16-21-13-23(32)15-27(36(38)39)28(21)40-17-20-9-6-8-19-7-4-5-10-24(19)20/h4-16,18H,3,17H2,1-2H3/t18-/m1/s1. The van der Waals surface area contributed by atoms with Crippen LogP contribution in [0.1, 0.15) is 43.1 Å². The second-order valence-corrected chi connectivity index (χ2v) is 10.7. The summed E-state index contributed by atoms with van der Waals surface area (Å²) in [6, 6.07) is 21.7. The van der Waals surface area contributed by atoms with Crippen molar-refractivity contribution in [3.63, 3.8) is 0 Å². The molecule has 0 saturated carbocycles. The molecule has 0 fully saturated rings. The highest BCUT2D eigenvalue weighted by Gasteiger charge is 2.22. The molecular formula is C30H24BrClN4O4. The number of nitro benzene ring substituents is 1. The fourth-order valence-corrected chi connectivity index (χ4v) is 5.04. The van der Waals surface area contributed by atoms with Crippen molar-refractivity contribution in [2.75, 3.05) is 0 Å². The van der Waals surface area contributed by atoms with Crippen LogP contribution in [0.4, 0.5) is 5.69 Å². The normalized spacial score (nSPS) is 12.3. The lowest BCUT2D eigenvalue weighted by molar-refractivity contribution is -0.385. The van der Waals surface area contributed by atoms with Crippen molar-refractivity contribution in [1.82, 2.24) is 9.66 Å². The maximum atomic E-state index is 13.5. The van der Waals surface area contributed by atoms with Crippen molar-refractivity contribution in [3.8, 4) is 5.75 Å². The van der Waals surface area contributed by atoms with Gasteiger partial charge < -0.3 is 4.74 Å².